The lowest BCUT2D eigenvalue weighted by Crippen LogP contribution is -2.40. The van der Waals surface area contributed by atoms with Crippen molar-refractivity contribution in [3.8, 4) is 0 Å². The van der Waals surface area contributed by atoms with Crippen molar-refractivity contribution in [1.29, 1.82) is 0 Å². The topological polar surface area (TPSA) is 52.7 Å². The molecule has 0 radical (unpaired) electrons. The number of hydrogen-bond donors (Lipinski definition) is 1. The van der Waals surface area contributed by atoms with Crippen LogP contribution in [0.25, 0.3) is 0 Å². The highest BCUT2D eigenvalue weighted by atomic mass is 16.2. The lowest BCUT2D eigenvalue weighted by molar-refractivity contribution is -0.132. The van der Waals surface area contributed by atoms with Crippen molar-refractivity contribution in [2.45, 2.75) is 32.6 Å². The maximum Gasteiger partial charge on any atom is 0.239 e. The van der Waals surface area contributed by atoms with Crippen molar-refractivity contribution in [2.75, 3.05) is 37.6 Å². The van der Waals surface area contributed by atoms with E-state index in [2.05, 4.69) is 17.1 Å². The molecule has 0 aliphatic carbocycles. The van der Waals surface area contributed by atoms with Crippen LogP contribution >= 0.6 is 0 Å². The van der Waals surface area contributed by atoms with Gasteiger partial charge in [0, 0.05) is 25.3 Å². The Bertz CT molecular complexity index is 579. The molecular weight excluding hydrogens is 302 g/mol. The van der Waals surface area contributed by atoms with Crippen molar-refractivity contribution in [1.82, 2.24) is 10.2 Å². The second-order valence-corrected chi connectivity index (χ2v) is 6.69. The molecule has 1 aromatic carbocycles. The van der Waals surface area contributed by atoms with Gasteiger partial charge in [-0.2, -0.15) is 0 Å². The van der Waals surface area contributed by atoms with Gasteiger partial charge < -0.3 is 15.1 Å². The summed E-state index contributed by atoms with van der Waals surface area (Å²) < 4.78 is 0. The van der Waals surface area contributed by atoms with Gasteiger partial charge in [0.15, 0.2) is 0 Å². The van der Waals surface area contributed by atoms with Gasteiger partial charge in [0.2, 0.25) is 11.8 Å². The molecule has 2 aliphatic rings. The molecule has 0 spiro atoms. The minimum Gasteiger partial charge on any atom is -0.354 e. The summed E-state index contributed by atoms with van der Waals surface area (Å²) in [6, 6.07) is 8.05. The monoisotopic (exact) mass is 329 g/mol. The van der Waals surface area contributed by atoms with Gasteiger partial charge in [-0.3, -0.25) is 9.59 Å². The molecule has 1 N–H and O–H groups in total. The molecule has 3 rings (SSSR count). The minimum absolute atomic E-state index is 0.0714. The molecular formula is C19H27N3O2. The quantitative estimate of drug-likeness (QED) is 0.810. The fraction of sp³-hybridized carbons (Fsp3) is 0.579. The first-order valence-electron chi connectivity index (χ1n) is 9.09. The fourth-order valence-corrected chi connectivity index (χ4v) is 3.56. The van der Waals surface area contributed by atoms with Crippen LogP contribution in [0.4, 0.5) is 5.69 Å². The molecule has 2 heterocycles. The van der Waals surface area contributed by atoms with Crippen LogP contribution in [-0.2, 0) is 16.0 Å². The maximum absolute atomic E-state index is 12.6. The van der Waals surface area contributed by atoms with Crippen LogP contribution < -0.4 is 10.2 Å². The minimum atomic E-state index is -0.533. The standard InChI is InChI=1S/C19H27N3O2/c1-2-15-5-7-16(8-6-15)22-13-9-17(19(22)24)18(23)20-10-14-21-11-3-4-12-21/h5-8,17H,2-4,9-14H2,1H3,(H,20,23). The number of carbonyl (C=O) groups is 2. The lowest BCUT2D eigenvalue weighted by Gasteiger charge is -2.18. The van der Waals surface area contributed by atoms with Crippen LogP contribution in [-0.4, -0.2) is 49.4 Å². The molecule has 5 nitrogen and oxygen atoms in total. The number of hydrogen-bond acceptors (Lipinski definition) is 3. The van der Waals surface area contributed by atoms with Gasteiger partial charge in [-0.25, -0.2) is 0 Å². The van der Waals surface area contributed by atoms with Crippen molar-refractivity contribution >= 4 is 17.5 Å². The zero-order valence-electron chi connectivity index (χ0n) is 14.5. The van der Waals surface area contributed by atoms with Gasteiger partial charge >= 0.3 is 0 Å². The predicted molar refractivity (Wildman–Crippen MR) is 95.0 cm³/mol. The summed E-state index contributed by atoms with van der Waals surface area (Å²) in [6.45, 7) is 6.50. The van der Waals surface area contributed by atoms with E-state index in [9.17, 15) is 9.59 Å². The van der Waals surface area contributed by atoms with Crippen molar-refractivity contribution < 1.29 is 9.59 Å². The Morgan fingerprint density at radius 1 is 1.17 bits per heavy atom. The molecule has 0 aromatic heterocycles. The van der Waals surface area contributed by atoms with E-state index in [0.717, 1.165) is 31.7 Å². The first-order chi connectivity index (χ1) is 11.7. The first-order valence-corrected chi connectivity index (χ1v) is 9.09. The number of nitrogens with zero attached hydrogens (tertiary/aromatic N) is 2. The molecule has 2 amide bonds. The Hall–Kier alpha value is -1.88. The summed E-state index contributed by atoms with van der Waals surface area (Å²) in [6.07, 6.45) is 4.09. The van der Waals surface area contributed by atoms with Crippen LogP contribution in [0.1, 0.15) is 31.7 Å². The van der Waals surface area contributed by atoms with Gasteiger partial charge in [-0.15, -0.1) is 0 Å². The van der Waals surface area contributed by atoms with E-state index in [1.165, 1.54) is 18.4 Å². The highest BCUT2D eigenvalue weighted by molar-refractivity contribution is 6.09. The van der Waals surface area contributed by atoms with Crippen molar-refractivity contribution in [3.63, 3.8) is 0 Å². The maximum atomic E-state index is 12.6. The van der Waals surface area contributed by atoms with Gasteiger partial charge in [0.25, 0.3) is 0 Å². The van der Waals surface area contributed by atoms with E-state index in [4.69, 9.17) is 0 Å². The third-order valence-electron chi connectivity index (χ3n) is 5.10. The molecule has 1 unspecified atom stereocenters. The summed E-state index contributed by atoms with van der Waals surface area (Å²) in [5, 5.41) is 2.94. The Morgan fingerprint density at radius 2 is 1.88 bits per heavy atom. The zero-order valence-corrected chi connectivity index (χ0v) is 14.5. The van der Waals surface area contributed by atoms with Crippen LogP contribution in [0.5, 0.6) is 0 Å². The van der Waals surface area contributed by atoms with Gasteiger partial charge in [0.05, 0.1) is 0 Å². The third kappa shape index (κ3) is 3.78. The Kier molecular flexibility index (Phi) is 5.51. The SMILES string of the molecule is CCc1ccc(N2CCC(C(=O)NCCN3CCCC3)C2=O)cc1. The van der Waals surface area contributed by atoms with Crippen molar-refractivity contribution in [3.05, 3.63) is 29.8 Å². The van der Waals surface area contributed by atoms with Crippen LogP contribution in [0.15, 0.2) is 24.3 Å². The van der Waals surface area contributed by atoms with E-state index < -0.39 is 5.92 Å². The zero-order chi connectivity index (χ0) is 16.9. The number of amides is 2. The smallest absolute Gasteiger partial charge is 0.239 e. The lowest BCUT2D eigenvalue weighted by atomic mass is 10.1. The number of benzene rings is 1. The van der Waals surface area contributed by atoms with E-state index in [0.29, 0.717) is 19.5 Å². The average Bonchev–Trinajstić information content (AvgIpc) is 3.24. The number of carbonyl (C=O) groups excluding carboxylic acids is 2. The largest absolute Gasteiger partial charge is 0.354 e. The molecule has 1 aromatic rings. The number of nitrogens with one attached hydrogen (secondary N) is 1. The number of aryl methyl sites for hydroxylation is 1. The molecule has 24 heavy (non-hydrogen) atoms. The molecule has 0 bridgehead atoms. The molecule has 2 aliphatic heterocycles. The molecule has 0 saturated carbocycles. The van der Waals surface area contributed by atoms with Crippen LogP contribution in [0.3, 0.4) is 0 Å². The van der Waals surface area contributed by atoms with E-state index in [1.54, 1.807) is 4.90 Å². The van der Waals surface area contributed by atoms with E-state index in [1.807, 2.05) is 24.3 Å². The van der Waals surface area contributed by atoms with Crippen molar-refractivity contribution in [2.24, 2.45) is 5.92 Å². The Morgan fingerprint density at radius 3 is 2.54 bits per heavy atom. The number of anilines is 1. The Balaban J connectivity index is 1.51. The number of likely N-dealkylation sites (tertiary alicyclic amines) is 1. The first kappa shape index (κ1) is 17.0. The molecule has 130 valence electrons. The normalized spacial score (nSPS) is 21.5. The predicted octanol–water partition coefficient (Wildman–Crippen LogP) is 1.81. The summed E-state index contributed by atoms with van der Waals surface area (Å²) in [5.74, 6) is -0.723. The van der Waals surface area contributed by atoms with Gasteiger partial charge in [-0.1, -0.05) is 19.1 Å². The molecule has 1 atom stereocenters. The summed E-state index contributed by atoms with van der Waals surface area (Å²) in [4.78, 5) is 29.0. The average molecular weight is 329 g/mol. The summed E-state index contributed by atoms with van der Waals surface area (Å²) >= 11 is 0. The molecule has 5 heteroatoms. The van der Waals surface area contributed by atoms with Crippen LogP contribution in [0, 0.1) is 5.92 Å². The second kappa shape index (κ2) is 7.79. The summed E-state index contributed by atoms with van der Waals surface area (Å²) in [5.41, 5.74) is 2.14. The highest BCUT2D eigenvalue weighted by Gasteiger charge is 2.37. The highest BCUT2D eigenvalue weighted by Crippen LogP contribution is 2.25. The van der Waals surface area contributed by atoms with Gasteiger partial charge in [0.1, 0.15) is 5.92 Å². The van der Waals surface area contributed by atoms with Gasteiger partial charge in [-0.05, 0) is 56.5 Å². The third-order valence-corrected chi connectivity index (χ3v) is 5.10. The van der Waals surface area contributed by atoms with E-state index >= 15 is 0 Å². The second-order valence-electron chi connectivity index (χ2n) is 6.69. The summed E-state index contributed by atoms with van der Waals surface area (Å²) in [7, 11) is 0. The van der Waals surface area contributed by atoms with E-state index in [-0.39, 0.29) is 11.8 Å². The Labute approximate surface area is 144 Å². The molecule has 2 fully saturated rings. The van der Waals surface area contributed by atoms with Crippen LogP contribution in [0.2, 0.25) is 0 Å². The number of rotatable bonds is 6. The molecule has 2 saturated heterocycles. The fourth-order valence-electron chi connectivity index (χ4n) is 3.56.